The predicted molar refractivity (Wildman–Crippen MR) is 113 cm³/mol. The van der Waals surface area contributed by atoms with Gasteiger partial charge in [-0.05, 0) is 77.9 Å². The number of benzene rings is 2. The lowest BCUT2D eigenvalue weighted by atomic mass is 10.1. The first-order chi connectivity index (χ1) is 13.0. The summed E-state index contributed by atoms with van der Waals surface area (Å²) in [6.07, 6.45) is 1.74. The van der Waals surface area contributed by atoms with Crippen LogP contribution in [-0.4, -0.2) is 18.3 Å². The molecule has 1 aliphatic rings. The third-order valence-electron chi connectivity index (χ3n) is 3.81. The smallest absolute Gasteiger partial charge is 0.367 e. The number of hydrogen-bond donors (Lipinski definition) is 0. The fourth-order valence-electron chi connectivity index (χ4n) is 2.50. The van der Waals surface area contributed by atoms with E-state index in [4.69, 9.17) is 25.9 Å². The number of ether oxygens (including phenoxy) is 2. The Labute approximate surface area is 176 Å². The number of carbonyl (C=O) groups excluding carboxylic acids is 1. The highest BCUT2D eigenvalue weighted by atomic mass is 127. The van der Waals surface area contributed by atoms with Crippen LogP contribution in [0.5, 0.6) is 11.5 Å². The van der Waals surface area contributed by atoms with Crippen LogP contribution in [0.15, 0.2) is 47.1 Å². The van der Waals surface area contributed by atoms with Gasteiger partial charge in [0.05, 0.1) is 21.5 Å². The van der Waals surface area contributed by atoms with E-state index in [1.807, 2.05) is 43.3 Å². The molecule has 0 spiro atoms. The zero-order valence-electron chi connectivity index (χ0n) is 14.8. The van der Waals surface area contributed by atoms with Crippen LogP contribution >= 0.6 is 34.2 Å². The molecule has 0 amide bonds. The van der Waals surface area contributed by atoms with E-state index >= 15 is 0 Å². The molecular weight excluding hydrogens is 481 g/mol. The normalized spacial score (nSPS) is 14.9. The summed E-state index contributed by atoms with van der Waals surface area (Å²) < 4.78 is 12.6. The average molecular weight is 498 g/mol. The topological polar surface area (TPSA) is 57.1 Å². The van der Waals surface area contributed by atoms with Crippen LogP contribution in [0, 0.1) is 3.57 Å². The number of oxime groups is 1. The Morgan fingerprint density at radius 2 is 1.96 bits per heavy atom. The van der Waals surface area contributed by atoms with E-state index < -0.39 is 5.97 Å². The lowest BCUT2D eigenvalue weighted by Crippen LogP contribution is -2.04. The van der Waals surface area contributed by atoms with Gasteiger partial charge in [0.2, 0.25) is 0 Å². The molecule has 7 heteroatoms. The predicted octanol–water partition coefficient (Wildman–Crippen LogP) is 5.24. The third kappa shape index (κ3) is 4.81. The van der Waals surface area contributed by atoms with Crippen LogP contribution in [0.4, 0.5) is 0 Å². The van der Waals surface area contributed by atoms with Crippen LogP contribution in [-0.2, 0) is 16.2 Å². The third-order valence-corrected chi connectivity index (χ3v) is 4.87. The largest absolute Gasteiger partial charge is 0.490 e. The summed E-state index contributed by atoms with van der Waals surface area (Å²) in [4.78, 5) is 16.5. The molecule has 0 aromatic heterocycles. The minimum atomic E-state index is -0.455. The Morgan fingerprint density at radius 3 is 2.59 bits per heavy atom. The van der Waals surface area contributed by atoms with E-state index in [0.717, 1.165) is 14.7 Å². The van der Waals surface area contributed by atoms with Gasteiger partial charge in [0.1, 0.15) is 6.61 Å². The number of nitrogens with zero attached hydrogens (tertiary/aromatic N) is 1. The second-order valence-corrected chi connectivity index (χ2v) is 7.39. The summed E-state index contributed by atoms with van der Waals surface area (Å²) in [6.45, 7) is 4.53. The molecule has 0 N–H and O–H groups in total. The Morgan fingerprint density at radius 1 is 1.22 bits per heavy atom. The highest BCUT2D eigenvalue weighted by Crippen LogP contribution is 2.36. The van der Waals surface area contributed by atoms with Crippen molar-refractivity contribution in [1.29, 1.82) is 0 Å². The van der Waals surface area contributed by atoms with Crippen molar-refractivity contribution in [3.05, 3.63) is 61.7 Å². The van der Waals surface area contributed by atoms with E-state index in [9.17, 15) is 4.79 Å². The van der Waals surface area contributed by atoms with Gasteiger partial charge >= 0.3 is 5.97 Å². The summed E-state index contributed by atoms with van der Waals surface area (Å²) >= 11 is 8.11. The molecule has 0 atom stereocenters. The van der Waals surface area contributed by atoms with E-state index in [1.54, 1.807) is 13.0 Å². The molecule has 2 aromatic rings. The van der Waals surface area contributed by atoms with Gasteiger partial charge in [-0.25, -0.2) is 4.79 Å². The highest BCUT2D eigenvalue weighted by Gasteiger charge is 2.22. The van der Waals surface area contributed by atoms with Crippen molar-refractivity contribution < 1.29 is 19.1 Å². The molecule has 140 valence electrons. The number of rotatable bonds is 6. The lowest BCUT2D eigenvalue weighted by Gasteiger charge is -2.15. The van der Waals surface area contributed by atoms with Gasteiger partial charge in [0, 0.05) is 5.02 Å². The fraction of sp³-hybridized carbons (Fsp3) is 0.200. The van der Waals surface area contributed by atoms with Crippen molar-refractivity contribution in [3.8, 4) is 11.5 Å². The van der Waals surface area contributed by atoms with Crippen molar-refractivity contribution in [1.82, 2.24) is 0 Å². The van der Waals surface area contributed by atoms with Gasteiger partial charge in [-0.3, -0.25) is 0 Å². The molecule has 2 aromatic carbocycles. The molecule has 1 heterocycles. The Balaban J connectivity index is 1.88. The van der Waals surface area contributed by atoms with Crippen LogP contribution in [0.1, 0.15) is 25.0 Å². The van der Waals surface area contributed by atoms with Gasteiger partial charge in [-0.15, -0.1) is 0 Å². The molecule has 27 heavy (non-hydrogen) atoms. The maximum absolute atomic E-state index is 11.8. The van der Waals surface area contributed by atoms with Crippen LogP contribution in [0.25, 0.3) is 6.08 Å². The summed E-state index contributed by atoms with van der Waals surface area (Å²) in [5, 5.41) is 4.38. The molecule has 0 aliphatic carbocycles. The van der Waals surface area contributed by atoms with Gasteiger partial charge in [0.25, 0.3) is 0 Å². The maximum atomic E-state index is 11.8. The van der Waals surface area contributed by atoms with E-state index in [1.165, 1.54) is 0 Å². The molecule has 0 unspecified atom stereocenters. The monoisotopic (exact) mass is 497 g/mol. The van der Waals surface area contributed by atoms with Crippen molar-refractivity contribution >= 4 is 51.9 Å². The van der Waals surface area contributed by atoms with Crippen LogP contribution in [0.3, 0.4) is 0 Å². The Hall–Kier alpha value is -2.06. The number of hydrogen-bond acceptors (Lipinski definition) is 5. The molecule has 0 bridgehead atoms. The molecular formula is C20H17ClINO4. The van der Waals surface area contributed by atoms with Crippen molar-refractivity contribution in [2.75, 3.05) is 6.61 Å². The van der Waals surface area contributed by atoms with Crippen molar-refractivity contribution in [2.24, 2.45) is 5.16 Å². The molecule has 5 nitrogen and oxygen atoms in total. The highest BCUT2D eigenvalue weighted by molar-refractivity contribution is 14.1. The summed E-state index contributed by atoms with van der Waals surface area (Å²) in [5.41, 5.74) is 2.80. The number of halogens is 2. The molecule has 1 aliphatic heterocycles. The van der Waals surface area contributed by atoms with Gasteiger partial charge in [-0.1, -0.05) is 28.9 Å². The number of carbonyl (C=O) groups is 1. The molecule has 3 rings (SSSR count). The summed E-state index contributed by atoms with van der Waals surface area (Å²) in [6, 6.07) is 11.3. The Bertz CT molecular complexity index is 922. The first-order valence-corrected chi connectivity index (χ1v) is 9.75. The van der Waals surface area contributed by atoms with Crippen LogP contribution in [0.2, 0.25) is 5.02 Å². The van der Waals surface area contributed by atoms with E-state index in [2.05, 4.69) is 27.7 Å². The maximum Gasteiger partial charge on any atom is 0.367 e. The minimum absolute atomic E-state index is 0.395. The van der Waals surface area contributed by atoms with Gasteiger partial charge < -0.3 is 14.3 Å². The zero-order chi connectivity index (χ0) is 19.4. The molecule has 0 saturated carbocycles. The fourth-order valence-corrected chi connectivity index (χ4v) is 3.40. The van der Waals surface area contributed by atoms with Gasteiger partial charge in [-0.2, -0.15) is 0 Å². The second-order valence-electron chi connectivity index (χ2n) is 5.79. The van der Waals surface area contributed by atoms with Crippen molar-refractivity contribution in [2.45, 2.75) is 20.5 Å². The molecule has 0 radical (unpaired) electrons. The van der Waals surface area contributed by atoms with Gasteiger partial charge in [0.15, 0.2) is 11.5 Å². The summed E-state index contributed by atoms with van der Waals surface area (Å²) in [5.74, 6) is 0.823. The standard InChI is InChI=1S/C20H17ClINO4/c1-3-25-18-10-14(8-16-12(2)23-27-20(16)24)9-17(22)19(18)26-11-13-4-6-15(21)7-5-13/h4-10H,3,11H2,1-2H3/b16-8+. The second kappa shape index (κ2) is 8.75. The lowest BCUT2D eigenvalue weighted by molar-refractivity contribution is -0.136. The van der Waals surface area contributed by atoms with Crippen molar-refractivity contribution in [3.63, 3.8) is 0 Å². The molecule has 0 fully saturated rings. The Kier molecular flexibility index (Phi) is 6.38. The SMILES string of the molecule is CCOc1cc(/C=C2/C(=O)ON=C2C)cc(I)c1OCc1ccc(Cl)cc1. The average Bonchev–Trinajstić information content (AvgIpc) is 2.95. The van der Waals surface area contributed by atoms with E-state index in [-0.39, 0.29) is 0 Å². The van der Waals surface area contributed by atoms with Crippen LogP contribution < -0.4 is 9.47 Å². The zero-order valence-corrected chi connectivity index (χ0v) is 17.7. The first-order valence-electron chi connectivity index (χ1n) is 8.29. The minimum Gasteiger partial charge on any atom is -0.490 e. The summed E-state index contributed by atoms with van der Waals surface area (Å²) in [7, 11) is 0. The van der Waals surface area contributed by atoms with E-state index in [0.29, 0.717) is 41.0 Å². The first kappa shape index (κ1) is 19.7. The quantitative estimate of drug-likeness (QED) is 0.311. The molecule has 0 saturated heterocycles.